The van der Waals surface area contributed by atoms with Crippen LogP contribution in [0, 0.1) is 0 Å². The minimum atomic E-state index is -0.895. The van der Waals surface area contributed by atoms with E-state index in [2.05, 4.69) is 10.6 Å². The Bertz CT molecular complexity index is 516. The third kappa shape index (κ3) is 3.61. The van der Waals surface area contributed by atoms with Gasteiger partial charge in [0, 0.05) is 0 Å². The molecule has 0 saturated carbocycles. The fourth-order valence-electron chi connectivity index (χ4n) is 2.60. The molecule has 1 aromatic rings. The number of nitrogens with one attached hydrogen (secondary N) is 2. The standard InChI is InChI=1S/C16H23N3O2/c1-11(17)14(20)19-16(2)10-6-9-13(18-15(16)21)12-7-4-3-5-8-12/h3-5,7-8,11,13H,6,9-10,17H2,1-2H3,(H,18,21)(H,19,20)/t11-,13-,16-/m0/s1. The highest BCUT2D eigenvalue weighted by atomic mass is 16.2. The lowest BCUT2D eigenvalue weighted by Crippen LogP contribution is -2.58. The molecule has 0 radical (unpaired) electrons. The van der Waals surface area contributed by atoms with Crippen LogP contribution in [0.25, 0.3) is 0 Å². The van der Waals surface area contributed by atoms with Crippen LogP contribution in [0.5, 0.6) is 0 Å². The predicted molar refractivity (Wildman–Crippen MR) is 81.4 cm³/mol. The van der Waals surface area contributed by atoms with Crippen LogP contribution in [0.2, 0.25) is 0 Å². The van der Waals surface area contributed by atoms with E-state index in [4.69, 9.17) is 5.73 Å². The van der Waals surface area contributed by atoms with Crippen molar-refractivity contribution in [2.24, 2.45) is 5.73 Å². The van der Waals surface area contributed by atoms with Gasteiger partial charge in [-0.1, -0.05) is 30.3 Å². The van der Waals surface area contributed by atoms with Gasteiger partial charge in [-0.2, -0.15) is 0 Å². The van der Waals surface area contributed by atoms with Crippen molar-refractivity contribution in [2.45, 2.75) is 50.7 Å². The van der Waals surface area contributed by atoms with Crippen molar-refractivity contribution in [3.63, 3.8) is 0 Å². The summed E-state index contributed by atoms with van der Waals surface area (Å²) in [6, 6.07) is 9.26. The Labute approximate surface area is 125 Å². The van der Waals surface area contributed by atoms with Gasteiger partial charge < -0.3 is 16.4 Å². The normalized spacial score (nSPS) is 27.4. The van der Waals surface area contributed by atoms with Gasteiger partial charge in [-0.3, -0.25) is 9.59 Å². The SMILES string of the molecule is C[C@H](N)C(=O)N[C@@]1(C)CCC[C@@H](c2ccccc2)NC1=O. The molecule has 0 aliphatic carbocycles. The molecule has 3 atom stereocenters. The maximum Gasteiger partial charge on any atom is 0.245 e. The van der Waals surface area contributed by atoms with Crippen LogP contribution in [-0.4, -0.2) is 23.4 Å². The summed E-state index contributed by atoms with van der Waals surface area (Å²) in [6.45, 7) is 3.37. The first-order valence-electron chi connectivity index (χ1n) is 7.36. The first-order valence-corrected chi connectivity index (χ1v) is 7.36. The summed E-state index contributed by atoms with van der Waals surface area (Å²) in [5.74, 6) is -0.450. The Morgan fingerprint density at radius 1 is 1.43 bits per heavy atom. The van der Waals surface area contributed by atoms with E-state index in [1.54, 1.807) is 13.8 Å². The molecule has 1 fully saturated rings. The molecular formula is C16H23N3O2. The van der Waals surface area contributed by atoms with Gasteiger partial charge in [0.05, 0.1) is 12.1 Å². The number of rotatable bonds is 3. The van der Waals surface area contributed by atoms with Gasteiger partial charge in [-0.25, -0.2) is 0 Å². The number of carbonyl (C=O) groups excluding carboxylic acids is 2. The molecule has 2 rings (SSSR count). The van der Waals surface area contributed by atoms with Gasteiger partial charge in [0.1, 0.15) is 5.54 Å². The van der Waals surface area contributed by atoms with Crippen LogP contribution in [0.1, 0.15) is 44.7 Å². The van der Waals surface area contributed by atoms with E-state index in [-0.39, 0.29) is 17.9 Å². The van der Waals surface area contributed by atoms with Crippen LogP contribution >= 0.6 is 0 Å². The van der Waals surface area contributed by atoms with Gasteiger partial charge in [-0.15, -0.1) is 0 Å². The molecule has 21 heavy (non-hydrogen) atoms. The van der Waals surface area contributed by atoms with E-state index in [1.165, 1.54) is 0 Å². The van der Waals surface area contributed by atoms with Gasteiger partial charge >= 0.3 is 0 Å². The minimum Gasteiger partial charge on any atom is -0.347 e. The molecule has 5 heteroatoms. The highest BCUT2D eigenvalue weighted by Crippen LogP contribution is 2.27. The molecule has 0 spiro atoms. The van der Waals surface area contributed by atoms with Gasteiger partial charge in [0.2, 0.25) is 11.8 Å². The Morgan fingerprint density at radius 2 is 2.10 bits per heavy atom. The largest absolute Gasteiger partial charge is 0.347 e. The zero-order chi connectivity index (χ0) is 15.5. The fraction of sp³-hybridized carbons (Fsp3) is 0.500. The summed E-state index contributed by atoms with van der Waals surface area (Å²) in [6.07, 6.45) is 2.33. The number of amides is 2. The number of benzene rings is 1. The van der Waals surface area contributed by atoms with Crippen molar-refractivity contribution in [3.8, 4) is 0 Å². The molecule has 1 aliphatic rings. The van der Waals surface area contributed by atoms with E-state index < -0.39 is 11.6 Å². The van der Waals surface area contributed by atoms with E-state index in [0.717, 1.165) is 18.4 Å². The van der Waals surface area contributed by atoms with Crippen LogP contribution in [0.4, 0.5) is 0 Å². The second-order valence-corrected chi connectivity index (χ2v) is 5.94. The van der Waals surface area contributed by atoms with Crippen molar-refractivity contribution in [1.29, 1.82) is 0 Å². The first-order chi connectivity index (χ1) is 9.92. The molecule has 114 valence electrons. The summed E-state index contributed by atoms with van der Waals surface area (Å²) < 4.78 is 0. The van der Waals surface area contributed by atoms with Gasteiger partial charge in [0.25, 0.3) is 0 Å². The Morgan fingerprint density at radius 3 is 2.71 bits per heavy atom. The number of hydrogen-bond donors (Lipinski definition) is 3. The highest BCUT2D eigenvalue weighted by molar-refractivity contribution is 5.92. The summed E-state index contributed by atoms with van der Waals surface area (Å²) >= 11 is 0. The smallest absolute Gasteiger partial charge is 0.245 e. The maximum atomic E-state index is 12.5. The molecule has 1 saturated heterocycles. The average molecular weight is 289 g/mol. The van der Waals surface area contributed by atoms with Crippen molar-refractivity contribution in [1.82, 2.24) is 10.6 Å². The van der Waals surface area contributed by atoms with Gasteiger partial charge in [0.15, 0.2) is 0 Å². The number of hydrogen-bond acceptors (Lipinski definition) is 3. The molecule has 1 aromatic carbocycles. The Balaban J connectivity index is 2.12. The lowest BCUT2D eigenvalue weighted by atomic mass is 9.94. The zero-order valence-corrected chi connectivity index (χ0v) is 12.6. The third-order valence-corrected chi connectivity index (χ3v) is 3.99. The Kier molecular flexibility index (Phi) is 4.63. The molecular weight excluding hydrogens is 266 g/mol. The molecule has 0 aromatic heterocycles. The van der Waals surface area contributed by atoms with E-state index in [1.807, 2.05) is 30.3 Å². The molecule has 1 heterocycles. The molecule has 4 N–H and O–H groups in total. The summed E-state index contributed by atoms with van der Waals surface area (Å²) in [4.78, 5) is 24.3. The lowest BCUT2D eigenvalue weighted by molar-refractivity contribution is -0.133. The van der Waals surface area contributed by atoms with Crippen molar-refractivity contribution in [3.05, 3.63) is 35.9 Å². The maximum absolute atomic E-state index is 12.5. The van der Waals surface area contributed by atoms with Crippen LogP contribution < -0.4 is 16.4 Å². The van der Waals surface area contributed by atoms with E-state index in [0.29, 0.717) is 6.42 Å². The minimum absolute atomic E-state index is 0.00673. The average Bonchev–Trinajstić information content (AvgIpc) is 2.60. The van der Waals surface area contributed by atoms with Crippen molar-refractivity contribution < 1.29 is 9.59 Å². The predicted octanol–water partition coefficient (Wildman–Crippen LogP) is 1.25. The summed E-state index contributed by atoms with van der Waals surface area (Å²) in [7, 11) is 0. The lowest BCUT2D eigenvalue weighted by Gasteiger charge is -2.29. The highest BCUT2D eigenvalue weighted by Gasteiger charge is 2.38. The summed E-state index contributed by atoms with van der Waals surface area (Å²) in [5.41, 5.74) is 5.77. The second-order valence-electron chi connectivity index (χ2n) is 5.94. The molecule has 0 bridgehead atoms. The first kappa shape index (κ1) is 15.5. The van der Waals surface area contributed by atoms with Crippen LogP contribution in [0.15, 0.2) is 30.3 Å². The van der Waals surface area contributed by atoms with Gasteiger partial charge in [-0.05, 0) is 38.7 Å². The van der Waals surface area contributed by atoms with Crippen molar-refractivity contribution >= 4 is 11.8 Å². The van der Waals surface area contributed by atoms with Crippen LogP contribution in [0.3, 0.4) is 0 Å². The summed E-state index contributed by atoms with van der Waals surface area (Å²) in [5, 5.41) is 5.82. The zero-order valence-electron chi connectivity index (χ0n) is 12.6. The fourth-order valence-corrected chi connectivity index (χ4v) is 2.60. The second kappa shape index (κ2) is 6.26. The molecule has 2 amide bonds. The van der Waals surface area contributed by atoms with Crippen LogP contribution in [-0.2, 0) is 9.59 Å². The van der Waals surface area contributed by atoms with E-state index >= 15 is 0 Å². The quantitative estimate of drug-likeness (QED) is 0.783. The van der Waals surface area contributed by atoms with Crippen molar-refractivity contribution in [2.75, 3.05) is 0 Å². The Hall–Kier alpha value is -1.88. The monoisotopic (exact) mass is 289 g/mol. The number of nitrogens with two attached hydrogens (primary N) is 1. The molecule has 0 unspecified atom stereocenters. The third-order valence-electron chi connectivity index (χ3n) is 3.99. The number of carbonyl (C=O) groups is 2. The van der Waals surface area contributed by atoms with E-state index in [9.17, 15) is 9.59 Å². The molecule has 1 aliphatic heterocycles. The topological polar surface area (TPSA) is 84.2 Å². The molecule has 5 nitrogen and oxygen atoms in total.